The fourth-order valence-electron chi connectivity index (χ4n) is 10.5. The van der Waals surface area contributed by atoms with E-state index in [2.05, 4.69) is 207 Å². The summed E-state index contributed by atoms with van der Waals surface area (Å²) < 4.78 is 13.8. The minimum atomic E-state index is -0.179. The van der Waals surface area contributed by atoms with Crippen molar-refractivity contribution in [2.24, 2.45) is 0 Å². The van der Waals surface area contributed by atoms with Gasteiger partial charge in [-0.2, -0.15) is 0 Å². The van der Waals surface area contributed by atoms with Crippen LogP contribution in [0.2, 0.25) is 0 Å². The lowest BCUT2D eigenvalue weighted by Crippen LogP contribution is -2.16. The smallest absolute Gasteiger partial charge is 0.159 e. The normalized spacial score (nSPS) is 13.1. The SMILES string of the molecule is CC1(C)c2ccccc2-c2ccc(N(c3ccc(-c4cccc5c4oc4ccccc45)cc3)c3cc(-c4ccccc4)cc4c3oc3c5ccccc5c5ccccc5c43)cc21. The number of hydrogen-bond acceptors (Lipinski definition) is 3. The first-order valence-corrected chi connectivity index (χ1v) is 21.4. The van der Waals surface area contributed by atoms with E-state index in [-0.39, 0.29) is 5.41 Å². The van der Waals surface area contributed by atoms with Crippen LogP contribution in [-0.4, -0.2) is 0 Å². The largest absolute Gasteiger partial charge is 0.455 e. The Hall–Kier alpha value is -7.88. The molecule has 0 fully saturated rings. The predicted octanol–water partition coefficient (Wildman–Crippen LogP) is 16.9. The molecule has 10 aromatic carbocycles. The summed E-state index contributed by atoms with van der Waals surface area (Å²) in [5.41, 5.74) is 16.1. The molecule has 0 saturated heterocycles. The minimum Gasteiger partial charge on any atom is -0.455 e. The van der Waals surface area contributed by atoms with E-state index >= 15 is 0 Å². The number of rotatable bonds is 5. The highest BCUT2D eigenvalue weighted by Gasteiger charge is 2.36. The number of fused-ring (bicyclic) bond motifs is 14. The summed E-state index contributed by atoms with van der Waals surface area (Å²) in [7, 11) is 0. The van der Waals surface area contributed by atoms with E-state index in [1.165, 1.54) is 38.4 Å². The molecule has 12 aromatic rings. The van der Waals surface area contributed by atoms with Gasteiger partial charge in [-0.25, -0.2) is 0 Å². The molecule has 1 aliphatic carbocycles. The van der Waals surface area contributed by atoms with E-state index in [4.69, 9.17) is 8.83 Å². The standard InChI is InChI=1S/C59H39NO2/c1-59(2)51-25-12-10-19-44(51)45-32-31-40(35-52(45)59)60(39-29-27-37(28-30-39)41-23-14-24-49-46-20-11-13-26-54(46)61-56(41)49)53-34-38(36-15-4-3-5-16-36)33-50-55-47-21-8-6-17-42(47)43-18-7-9-22-48(43)58(55)62-57(50)53/h3-35H,1-2H3. The lowest BCUT2D eigenvalue weighted by atomic mass is 9.82. The lowest BCUT2D eigenvalue weighted by Gasteiger charge is -2.28. The number of benzene rings is 10. The van der Waals surface area contributed by atoms with E-state index in [0.29, 0.717) is 0 Å². The summed E-state index contributed by atoms with van der Waals surface area (Å²) in [6, 6.07) is 72.3. The molecular weight excluding hydrogens is 755 g/mol. The summed E-state index contributed by atoms with van der Waals surface area (Å²) in [6.45, 7) is 4.70. The van der Waals surface area contributed by atoms with Crippen molar-refractivity contribution in [3.63, 3.8) is 0 Å². The predicted molar refractivity (Wildman–Crippen MR) is 259 cm³/mol. The Morgan fingerprint density at radius 1 is 0.355 bits per heavy atom. The van der Waals surface area contributed by atoms with Crippen molar-refractivity contribution in [2.75, 3.05) is 4.90 Å². The monoisotopic (exact) mass is 793 g/mol. The molecule has 0 atom stereocenters. The Morgan fingerprint density at radius 3 is 1.79 bits per heavy atom. The molecule has 3 nitrogen and oxygen atoms in total. The van der Waals surface area contributed by atoms with Crippen LogP contribution in [0, 0.1) is 0 Å². The van der Waals surface area contributed by atoms with Crippen molar-refractivity contribution in [3.8, 4) is 33.4 Å². The van der Waals surface area contributed by atoms with E-state index in [0.717, 1.165) is 88.6 Å². The summed E-state index contributed by atoms with van der Waals surface area (Å²) >= 11 is 0. The Balaban J connectivity index is 1.10. The zero-order valence-electron chi connectivity index (χ0n) is 34.3. The second kappa shape index (κ2) is 13.1. The molecule has 0 spiro atoms. The Labute approximate surface area is 358 Å². The average molecular weight is 794 g/mol. The van der Waals surface area contributed by atoms with Gasteiger partial charge in [-0.3, -0.25) is 0 Å². The van der Waals surface area contributed by atoms with Gasteiger partial charge in [0, 0.05) is 49.3 Å². The molecule has 62 heavy (non-hydrogen) atoms. The van der Waals surface area contributed by atoms with E-state index < -0.39 is 0 Å². The molecule has 292 valence electrons. The van der Waals surface area contributed by atoms with Gasteiger partial charge in [0.1, 0.15) is 16.7 Å². The van der Waals surface area contributed by atoms with Crippen molar-refractivity contribution in [1.29, 1.82) is 0 Å². The first kappa shape index (κ1) is 34.9. The first-order chi connectivity index (χ1) is 30.5. The second-order valence-electron chi connectivity index (χ2n) is 17.2. The van der Waals surface area contributed by atoms with Gasteiger partial charge in [-0.15, -0.1) is 0 Å². The van der Waals surface area contributed by atoms with Gasteiger partial charge in [-0.1, -0.05) is 172 Å². The number of para-hydroxylation sites is 2. The number of anilines is 3. The van der Waals surface area contributed by atoms with Crippen molar-refractivity contribution in [3.05, 3.63) is 211 Å². The molecule has 1 aliphatic rings. The molecular formula is C59H39NO2. The molecule has 0 N–H and O–H groups in total. The molecule has 0 unspecified atom stereocenters. The van der Waals surface area contributed by atoms with Crippen molar-refractivity contribution in [2.45, 2.75) is 19.3 Å². The average Bonchev–Trinajstić information content (AvgIpc) is 3.98. The van der Waals surface area contributed by atoms with Gasteiger partial charge in [0.25, 0.3) is 0 Å². The van der Waals surface area contributed by atoms with Gasteiger partial charge in [0.15, 0.2) is 5.58 Å². The van der Waals surface area contributed by atoms with E-state index in [1.807, 2.05) is 12.1 Å². The maximum Gasteiger partial charge on any atom is 0.159 e. The van der Waals surface area contributed by atoms with Gasteiger partial charge in [0.05, 0.1) is 5.69 Å². The first-order valence-electron chi connectivity index (χ1n) is 21.4. The molecule has 2 aromatic heterocycles. The van der Waals surface area contributed by atoms with E-state index in [9.17, 15) is 0 Å². The Morgan fingerprint density at radius 2 is 0.968 bits per heavy atom. The highest BCUT2D eigenvalue weighted by molar-refractivity contribution is 6.31. The molecule has 0 amide bonds. The van der Waals surface area contributed by atoms with Crippen LogP contribution in [0.15, 0.2) is 209 Å². The summed E-state index contributed by atoms with van der Waals surface area (Å²) in [5.74, 6) is 0. The van der Waals surface area contributed by atoms with Gasteiger partial charge in [-0.05, 0) is 97.6 Å². The summed E-state index contributed by atoms with van der Waals surface area (Å²) in [4.78, 5) is 2.41. The fraction of sp³-hybridized carbons (Fsp3) is 0.0508. The number of nitrogens with zero attached hydrogens (tertiary/aromatic N) is 1. The fourth-order valence-corrected chi connectivity index (χ4v) is 10.5. The van der Waals surface area contributed by atoms with E-state index in [1.54, 1.807) is 0 Å². The van der Waals surface area contributed by atoms with Crippen LogP contribution in [-0.2, 0) is 5.41 Å². The van der Waals surface area contributed by atoms with Crippen LogP contribution in [0.4, 0.5) is 17.1 Å². The number of furan rings is 2. The van der Waals surface area contributed by atoms with Crippen LogP contribution in [0.1, 0.15) is 25.0 Å². The molecule has 3 heteroatoms. The van der Waals surface area contributed by atoms with Crippen LogP contribution in [0.5, 0.6) is 0 Å². The van der Waals surface area contributed by atoms with Gasteiger partial charge >= 0.3 is 0 Å². The number of hydrogen-bond donors (Lipinski definition) is 0. The third-order valence-electron chi connectivity index (χ3n) is 13.4. The second-order valence-corrected chi connectivity index (χ2v) is 17.2. The molecule has 13 rings (SSSR count). The maximum atomic E-state index is 7.32. The third-order valence-corrected chi connectivity index (χ3v) is 13.4. The Kier molecular flexibility index (Phi) is 7.36. The van der Waals surface area contributed by atoms with Crippen LogP contribution in [0.3, 0.4) is 0 Å². The topological polar surface area (TPSA) is 29.5 Å². The lowest BCUT2D eigenvalue weighted by molar-refractivity contribution is 0.660. The van der Waals surface area contributed by atoms with Gasteiger partial charge < -0.3 is 13.7 Å². The molecule has 0 radical (unpaired) electrons. The van der Waals surface area contributed by atoms with Crippen molar-refractivity contribution in [1.82, 2.24) is 0 Å². The zero-order valence-corrected chi connectivity index (χ0v) is 34.3. The molecule has 0 bridgehead atoms. The quantitative estimate of drug-likeness (QED) is 0.163. The third kappa shape index (κ3) is 5.00. The summed E-state index contributed by atoms with van der Waals surface area (Å²) in [5, 5.41) is 9.17. The zero-order chi connectivity index (χ0) is 41.1. The van der Waals surface area contributed by atoms with Crippen LogP contribution < -0.4 is 4.90 Å². The van der Waals surface area contributed by atoms with Crippen LogP contribution in [0.25, 0.3) is 98.8 Å². The van der Waals surface area contributed by atoms with Crippen molar-refractivity contribution < 1.29 is 8.83 Å². The van der Waals surface area contributed by atoms with Crippen molar-refractivity contribution >= 4 is 82.5 Å². The van der Waals surface area contributed by atoms with Crippen LogP contribution >= 0.6 is 0 Å². The van der Waals surface area contributed by atoms with Gasteiger partial charge in [0.2, 0.25) is 0 Å². The highest BCUT2D eigenvalue weighted by atomic mass is 16.3. The maximum absolute atomic E-state index is 7.32. The molecule has 0 aliphatic heterocycles. The Bertz CT molecular complexity index is 3780. The summed E-state index contributed by atoms with van der Waals surface area (Å²) in [6.07, 6.45) is 0. The molecule has 0 saturated carbocycles. The minimum absolute atomic E-state index is 0.179. The molecule has 2 heterocycles. The highest BCUT2D eigenvalue weighted by Crippen LogP contribution is 2.53.